The van der Waals surface area contributed by atoms with Gasteiger partial charge in [0.15, 0.2) is 0 Å². The summed E-state index contributed by atoms with van der Waals surface area (Å²) in [6, 6.07) is 11.7. The number of aromatic nitrogens is 1. The van der Waals surface area contributed by atoms with Crippen molar-refractivity contribution >= 4 is 58.1 Å². The zero-order valence-corrected chi connectivity index (χ0v) is 19.5. The average molecular weight is 498 g/mol. The highest BCUT2D eigenvalue weighted by atomic mass is 35.5. The van der Waals surface area contributed by atoms with Gasteiger partial charge < -0.3 is 16.2 Å². The van der Waals surface area contributed by atoms with Crippen molar-refractivity contribution in [3.63, 3.8) is 0 Å². The van der Waals surface area contributed by atoms with Gasteiger partial charge >= 0.3 is 5.97 Å². The lowest BCUT2D eigenvalue weighted by molar-refractivity contribution is -0.115. The van der Waals surface area contributed by atoms with Gasteiger partial charge in [-0.2, -0.15) is 10.5 Å². The zero-order chi connectivity index (χ0) is 24.1. The van der Waals surface area contributed by atoms with Gasteiger partial charge in [0.1, 0.15) is 28.5 Å². The summed E-state index contributed by atoms with van der Waals surface area (Å²) in [7, 11) is 0. The number of hydrogen-bond acceptors (Lipinski definition) is 8. The van der Waals surface area contributed by atoms with Crippen LogP contribution in [0.2, 0.25) is 5.02 Å². The monoisotopic (exact) mass is 497 g/mol. The van der Waals surface area contributed by atoms with E-state index in [1.807, 2.05) is 11.4 Å². The van der Waals surface area contributed by atoms with E-state index < -0.39 is 17.1 Å². The molecule has 33 heavy (non-hydrogen) atoms. The highest BCUT2D eigenvalue weighted by Gasteiger charge is 2.26. The minimum atomic E-state index is -1.15. The topological polar surface area (TPSA) is 153 Å². The van der Waals surface area contributed by atoms with Crippen LogP contribution in [-0.2, 0) is 4.79 Å². The van der Waals surface area contributed by atoms with E-state index in [0.29, 0.717) is 16.9 Å². The van der Waals surface area contributed by atoms with Crippen molar-refractivity contribution in [3.8, 4) is 22.6 Å². The minimum Gasteiger partial charge on any atom is -0.478 e. The number of pyridine rings is 1. The molecule has 2 heterocycles. The van der Waals surface area contributed by atoms with Gasteiger partial charge in [0, 0.05) is 10.4 Å². The Morgan fingerprint density at radius 1 is 1.30 bits per heavy atom. The van der Waals surface area contributed by atoms with Gasteiger partial charge in [-0.05, 0) is 36.1 Å². The largest absolute Gasteiger partial charge is 0.478 e. The van der Waals surface area contributed by atoms with Crippen molar-refractivity contribution in [2.24, 2.45) is 0 Å². The number of thioether (sulfide) groups is 1. The number of carbonyl (C=O) groups is 2. The number of anilines is 2. The van der Waals surface area contributed by atoms with Crippen LogP contribution in [0.4, 0.5) is 11.5 Å². The molecule has 4 N–H and O–H groups in total. The average Bonchev–Trinajstić information content (AvgIpc) is 3.32. The van der Waals surface area contributed by atoms with Crippen molar-refractivity contribution in [2.75, 3.05) is 11.1 Å². The van der Waals surface area contributed by atoms with Gasteiger partial charge in [-0.1, -0.05) is 36.4 Å². The Morgan fingerprint density at radius 3 is 2.61 bits per heavy atom. The van der Waals surface area contributed by atoms with E-state index in [4.69, 9.17) is 17.3 Å². The summed E-state index contributed by atoms with van der Waals surface area (Å²) in [6.07, 6.45) is 0.369. The van der Waals surface area contributed by atoms with Crippen LogP contribution in [-0.4, -0.2) is 27.2 Å². The molecule has 3 rings (SSSR count). The van der Waals surface area contributed by atoms with Crippen LogP contribution >= 0.6 is 34.7 Å². The second-order valence-corrected chi connectivity index (χ2v) is 9.18. The lowest BCUT2D eigenvalue weighted by atomic mass is 10.0. The van der Waals surface area contributed by atoms with Gasteiger partial charge in [0.05, 0.1) is 27.1 Å². The number of carboxylic acids is 1. The standard InChI is InChI=1S/C22H16ClN5O3S2/c1-2-16(20(29)27-15-8-11(22(30)31)5-6-14(15)23)33-21-13(10-25)18(17-4-3-7-32-17)12(9-24)19(26)28-21/h3-8,16H,2H2,1H3,(H2,26,28)(H,27,29)(H,30,31). The second-order valence-electron chi connectivity index (χ2n) is 6.63. The molecular weight excluding hydrogens is 482 g/mol. The fourth-order valence-electron chi connectivity index (χ4n) is 2.97. The highest BCUT2D eigenvalue weighted by molar-refractivity contribution is 8.00. The van der Waals surface area contributed by atoms with E-state index in [1.54, 1.807) is 19.1 Å². The maximum atomic E-state index is 13.0. The van der Waals surface area contributed by atoms with Crippen molar-refractivity contribution in [2.45, 2.75) is 23.6 Å². The van der Waals surface area contributed by atoms with Gasteiger partial charge in [0.2, 0.25) is 5.91 Å². The first-order chi connectivity index (χ1) is 15.8. The Balaban J connectivity index is 1.97. The van der Waals surface area contributed by atoms with Crippen LogP contribution in [0.5, 0.6) is 0 Å². The third-order valence-electron chi connectivity index (χ3n) is 4.57. The maximum Gasteiger partial charge on any atom is 0.335 e. The molecule has 166 valence electrons. The van der Waals surface area contributed by atoms with Gasteiger partial charge in [0.25, 0.3) is 0 Å². The first kappa shape index (κ1) is 24.1. The fourth-order valence-corrected chi connectivity index (χ4v) is 4.94. The van der Waals surface area contributed by atoms with Crippen LogP contribution in [0.3, 0.4) is 0 Å². The van der Waals surface area contributed by atoms with Crippen molar-refractivity contribution in [1.82, 2.24) is 4.98 Å². The molecule has 2 aromatic heterocycles. The fraction of sp³-hybridized carbons (Fsp3) is 0.136. The molecule has 0 bridgehead atoms. The normalized spacial score (nSPS) is 11.3. The molecule has 1 atom stereocenters. The van der Waals surface area contributed by atoms with Crippen LogP contribution in [0.1, 0.15) is 34.8 Å². The smallest absolute Gasteiger partial charge is 0.335 e. The first-order valence-electron chi connectivity index (χ1n) is 9.48. The number of aromatic carboxylic acids is 1. The van der Waals surface area contributed by atoms with Crippen LogP contribution in [0, 0.1) is 22.7 Å². The molecule has 0 aliphatic carbocycles. The quantitative estimate of drug-likeness (QED) is 0.385. The number of hydrogen-bond donors (Lipinski definition) is 3. The summed E-state index contributed by atoms with van der Waals surface area (Å²) in [4.78, 5) is 29.1. The summed E-state index contributed by atoms with van der Waals surface area (Å²) >= 11 is 8.51. The zero-order valence-electron chi connectivity index (χ0n) is 17.1. The molecule has 0 spiro atoms. The maximum absolute atomic E-state index is 13.0. The summed E-state index contributed by atoms with van der Waals surface area (Å²) < 4.78 is 0. The van der Waals surface area contributed by atoms with Crippen LogP contribution in [0.25, 0.3) is 10.4 Å². The number of amides is 1. The third-order valence-corrected chi connectivity index (χ3v) is 7.14. The lowest BCUT2D eigenvalue weighted by Crippen LogP contribution is -2.25. The van der Waals surface area contributed by atoms with Crippen molar-refractivity contribution in [3.05, 3.63) is 57.4 Å². The predicted octanol–water partition coefficient (Wildman–Crippen LogP) is 5.00. The predicted molar refractivity (Wildman–Crippen MR) is 128 cm³/mol. The number of carbonyl (C=O) groups excluding carboxylic acids is 1. The molecule has 1 unspecified atom stereocenters. The number of nitrogen functional groups attached to an aromatic ring is 1. The van der Waals surface area contributed by atoms with Crippen molar-refractivity contribution in [1.29, 1.82) is 10.5 Å². The third kappa shape index (κ3) is 5.10. The minimum absolute atomic E-state index is 0.0238. The van der Waals surface area contributed by atoms with E-state index in [9.17, 15) is 25.2 Å². The molecule has 0 saturated heterocycles. The second kappa shape index (κ2) is 10.4. The van der Waals surface area contributed by atoms with Crippen LogP contribution < -0.4 is 11.1 Å². The van der Waals surface area contributed by atoms with E-state index in [2.05, 4.69) is 16.4 Å². The molecule has 1 amide bonds. The van der Waals surface area contributed by atoms with E-state index in [1.165, 1.54) is 29.5 Å². The molecule has 0 aliphatic rings. The number of rotatable bonds is 7. The molecule has 8 nitrogen and oxygen atoms in total. The number of nitrogens with zero attached hydrogens (tertiary/aromatic N) is 3. The number of nitrogens with one attached hydrogen (secondary N) is 1. The molecule has 0 aliphatic heterocycles. The summed E-state index contributed by atoms with van der Waals surface area (Å²) in [5.74, 6) is -1.63. The van der Waals surface area contributed by atoms with E-state index >= 15 is 0 Å². The Morgan fingerprint density at radius 2 is 2.03 bits per heavy atom. The van der Waals surface area contributed by atoms with E-state index in [0.717, 1.165) is 11.8 Å². The number of nitriles is 2. The molecule has 0 radical (unpaired) electrons. The number of halogens is 1. The number of thiophene rings is 1. The van der Waals surface area contributed by atoms with Crippen LogP contribution in [0.15, 0.2) is 40.7 Å². The molecule has 11 heteroatoms. The van der Waals surface area contributed by atoms with Gasteiger partial charge in [-0.25, -0.2) is 9.78 Å². The Kier molecular flexibility index (Phi) is 7.56. The summed E-state index contributed by atoms with van der Waals surface area (Å²) in [6.45, 7) is 1.78. The first-order valence-corrected chi connectivity index (χ1v) is 11.6. The Hall–Kier alpha value is -3.57. The highest BCUT2D eigenvalue weighted by Crippen LogP contribution is 2.39. The van der Waals surface area contributed by atoms with E-state index in [-0.39, 0.29) is 38.2 Å². The molecular formula is C22H16ClN5O3S2. The number of benzene rings is 1. The Labute approximate surface area is 202 Å². The number of nitrogens with two attached hydrogens (primary N) is 1. The lowest BCUT2D eigenvalue weighted by Gasteiger charge is -2.17. The van der Waals surface area contributed by atoms with Crippen molar-refractivity contribution < 1.29 is 14.7 Å². The SMILES string of the molecule is CCC(Sc1nc(N)c(C#N)c(-c2cccs2)c1C#N)C(=O)Nc1cc(C(=O)O)ccc1Cl. The van der Waals surface area contributed by atoms with Gasteiger partial charge in [-0.15, -0.1) is 11.3 Å². The molecule has 0 fully saturated rings. The summed E-state index contributed by atoms with van der Waals surface area (Å²) in [5, 5.41) is 32.8. The number of carboxylic acid groups (broad SMARTS) is 1. The Bertz CT molecular complexity index is 1310. The summed E-state index contributed by atoms with van der Waals surface area (Å²) in [5.41, 5.74) is 6.80. The molecule has 3 aromatic rings. The molecule has 0 saturated carbocycles. The molecule has 1 aromatic carbocycles. The van der Waals surface area contributed by atoms with Gasteiger partial charge in [-0.3, -0.25) is 4.79 Å².